The van der Waals surface area contributed by atoms with Crippen molar-refractivity contribution in [3.8, 4) is 0 Å². The average molecular weight is 378 g/mol. The highest BCUT2D eigenvalue weighted by molar-refractivity contribution is 7.18. The minimum absolute atomic E-state index is 0.249. The molecule has 4 nitrogen and oxygen atoms in total. The number of allylic oxidation sites excluding steroid dienone is 1. The number of nitrogens with one attached hydrogen (secondary N) is 1. The second kappa shape index (κ2) is 6.73. The van der Waals surface area contributed by atoms with Crippen LogP contribution >= 0.6 is 11.3 Å². The molecule has 0 unspecified atom stereocenters. The number of anilines is 1. The molecule has 0 spiro atoms. The first-order valence-corrected chi connectivity index (χ1v) is 10.6. The van der Waals surface area contributed by atoms with E-state index in [4.69, 9.17) is 0 Å². The molecule has 0 aliphatic heterocycles. The Bertz CT molecular complexity index is 1030. The second-order valence-corrected chi connectivity index (χ2v) is 8.36. The standard InChI is InChI=1S/C22H23N3OS/c1-2-13-9-15(10-19(13)26)17-11-27-21-20(17)23-12-24-22(21)25-18-8-7-14-5-3-4-6-16(14)18/h3-6,9,11-12,15,18-19,26H,2,7-8,10H2,1H3,(H,23,24,25)/t15-,18+,19-/m1/s1. The maximum atomic E-state index is 10.3. The topological polar surface area (TPSA) is 58.0 Å². The van der Waals surface area contributed by atoms with Gasteiger partial charge in [-0.05, 0) is 53.3 Å². The molecule has 0 bridgehead atoms. The monoisotopic (exact) mass is 377 g/mol. The minimum Gasteiger partial charge on any atom is -0.389 e. The van der Waals surface area contributed by atoms with Gasteiger partial charge < -0.3 is 10.4 Å². The molecule has 1 aromatic carbocycles. The molecule has 0 radical (unpaired) electrons. The Morgan fingerprint density at radius 2 is 2.11 bits per heavy atom. The number of aryl methyl sites for hydroxylation is 1. The van der Waals surface area contributed by atoms with Gasteiger partial charge in [-0.25, -0.2) is 9.97 Å². The third-order valence-corrected chi connectivity index (χ3v) is 6.95. The van der Waals surface area contributed by atoms with E-state index in [1.165, 1.54) is 16.7 Å². The Morgan fingerprint density at radius 3 is 2.96 bits per heavy atom. The average Bonchev–Trinajstić information content (AvgIpc) is 3.39. The zero-order chi connectivity index (χ0) is 18.4. The van der Waals surface area contributed by atoms with E-state index in [1.54, 1.807) is 17.7 Å². The van der Waals surface area contributed by atoms with Crippen LogP contribution in [0.25, 0.3) is 10.2 Å². The van der Waals surface area contributed by atoms with Crippen molar-refractivity contribution in [3.05, 3.63) is 64.3 Å². The number of aromatic nitrogens is 2. The summed E-state index contributed by atoms with van der Waals surface area (Å²) in [5.74, 6) is 1.18. The van der Waals surface area contributed by atoms with E-state index in [9.17, 15) is 5.11 Å². The molecule has 138 valence electrons. The van der Waals surface area contributed by atoms with Crippen molar-refractivity contribution in [3.63, 3.8) is 0 Å². The maximum absolute atomic E-state index is 10.3. The van der Waals surface area contributed by atoms with Crippen molar-refractivity contribution < 1.29 is 5.11 Å². The summed E-state index contributed by atoms with van der Waals surface area (Å²) in [7, 11) is 0. The number of benzene rings is 1. The smallest absolute Gasteiger partial charge is 0.147 e. The third-order valence-electron chi connectivity index (χ3n) is 5.95. The molecule has 2 aliphatic carbocycles. The van der Waals surface area contributed by atoms with E-state index in [1.807, 2.05) is 0 Å². The summed E-state index contributed by atoms with van der Waals surface area (Å²) in [5.41, 5.74) is 6.21. The molecule has 5 heteroatoms. The van der Waals surface area contributed by atoms with E-state index in [2.05, 4.69) is 57.9 Å². The minimum atomic E-state index is -0.315. The molecule has 2 aliphatic rings. The van der Waals surface area contributed by atoms with Crippen LogP contribution in [-0.4, -0.2) is 21.2 Å². The fourth-order valence-electron chi connectivity index (χ4n) is 4.51. The highest BCUT2D eigenvalue weighted by Crippen LogP contribution is 2.42. The zero-order valence-electron chi connectivity index (χ0n) is 15.4. The first kappa shape index (κ1) is 16.9. The van der Waals surface area contributed by atoms with Gasteiger partial charge in [0.15, 0.2) is 0 Å². The first-order valence-electron chi connectivity index (χ1n) is 9.69. The highest BCUT2D eigenvalue weighted by atomic mass is 32.1. The third kappa shape index (κ3) is 2.86. The number of nitrogens with zero attached hydrogens (tertiary/aromatic N) is 2. The summed E-state index contributed by atoms with van der Waals surface area (Å²) >= 11 is 1.70. The van der Waals surface area contributed by atoms with Gasteiger partial charge in [-0.15, -0.1) is 11.3 Å². The van der Waals surface area contributed by atoms with Crippen LogP contribution in [0.15, 0.2) is 47.6 Å². The van der Waals surface area contributed by atoms with Crippen molar-refractivity contribution >= 4 is 27.4 Å². The molecule has 27 heavy (non-hydrogen) atoms. The molecule has 0 amide bonds. The van der Waals surface area contributed by atoms with E-state index < -0.39 is 0 Å². The summed E-state index contributed by atoms with van der Waals surface area (Å²) in [6.45, 7) is 2.10. The van der Waals surface area contributed by atoms with Gasteiger partial charge in [0.1, 0.15) is 12.1 Å². The van der Waals surface area contributed by atoms with Gasteiger partial charge in [-0.1, -0.05) is 37.3 Å². The number of aliphatic hydroxyl groups is 1. The Kier molecular flexibility index (Phi) is 4.21. The highest BCUT2D eigenvalue weighted by Gasteiger charge is 2.28. The fraction of sp³-hybridized carbons (Fsp3) is 0.364. The molecule has 3 aromatic rings. The number of hydrogen-bond donors (Lipinski definition) is 2. The molecule has 0 saturated heterocycles. The van der Waals surface area contributed by atoms with Crippen LogP contribution in [0.3, 0.4) is 0 Å². The van der Waals surface area contributed by atoms with Crippen molar-refractivity contribution in [2.24, 2.45) is 0 Å². The summed E-state index contributed by atoms with van der Waals surface area (Å²) in [6.07, 6.45) is 7.46. The fourth-order valence-corrected chi connectivity index (χ4v) is 5.54. The largest absolute Gasteiger partial charge is 0.389 e. The Balaban J connectivity index is 1.48. The summed E-state index contributed by atoms with van der Waals surface area (Å²) < 4.78 is 1.12. The lowest BCUT2D eigenvalue weighted by molar-refractivity contribution is 0.205. The lowest BCUT2D eigenvalue weighted by Gasteiger charge is -2.15. The lowest BCUT2D eigenvalue weighted by Crippen LogP contribution is -2.09. The van der Waals surface area contributed by atoms with Gasteiger partial charge in [0.25, 0.3) is 0 Å². The normalized spacial score (nSPS) is 24.2. The number of aliphatic hydroxyl groups excluding tert-OH is 1. The van der Waals surface area contributed by atoms with E-state index in [0.717, 1.165) is 47.3 Å². The molecule has 0 fully saturated rings. The van der Waals surface area contributed by atoms with Gasteiger partial charge in [0, 0.05) is 5.92 Å². The predicted molar refractivity (Wildman–Crippen MR) is 110 cm³/mol. The Hall–Kier alpha value is -2.24. The Morgan fingerprint density at radius 1 is 1.22 bits per heavy atom. The number of hydrogen-bond acceptors (Lipinski definition) is 5. The lowest BCUT2D eigenvalue weighted by atomic mass is 10.0. The van der Waals surface area contributed by atoms with Crippen molar-refractivity contribution in [2.45, 2.75) is 50.7 Å². The molecule has 2 heterocycles. The van der Waals surface area contributed by atoms with Gasteiger partial charge >= 0.3 is 0 Å². The van der Waals surface area contributed by atoms with Gasteiger partial charge in [-0.3, -0.25) is 0 Å². The van der Waals surface area contributed by atoms with Crippen LogP contribution in [0.2, 0.25) is 0 Å². The number of rotatable bonds is 4. The van der Waals surface area contributed by atoms with Crippen LogP contribution < -0.4 is 5.32 Å². The predicted octanol–water partition coefficient (Wildman–Crippen LogP) is 4.98. The first-order chi connectivity index (χ1) is 13.2. The maximum Gasteiger partial charge on any atom is 0.147 e. The van der Waals surface area contributed by atoms with Gasteiger partial charge in [0.05, 0.1) is 22.4 Å². The van der Waals surface area contributed by atoms with Crippen LogP contribution in [0.4, 0.5) is 5.82 Å². The zero-order valence-corrected chi connectivity index (χ0v) is 16.2. The van der Waals surface area contributed by atoms with Crippen LogP contribution in [0, 0.1) is 0 Å². The molecule has 3 atom stereocenters. The Labute approximate surface area is 163 Å². The molecular formula is C22H23N3OS. The SMILES string of the molecule is CCC1=C[C@@H](c2csc3c(N[C@H]4CCc5ccccc54)ncnc23)C[C@H]1O. The molecular weight excluding hydrogens is 354 g/mol. The quantitative estimate of drug-likeness (QED) is 0.630. The van der Waals surface area contributed by atoms with Crippen molar-refractivity contribution in [1.29, 1.82) is 0 Å². The summed E-state index contributed by atoms with van der Waals surface area (Å²) in [6, 6.07) is 8.98. The van der Waals surface area contributed by atoms with Crippen LogP contribution in [-0.2, 0) is 6.42 Å². The van der Waals surface area contributed by atoms with Crippen molar-refractivity contribution in [2.75, 3.05) is 5.32 Å². The van der Waals surface area contributed by atoms with Crippen LogP contribution in [0.5, 0.6) is 0 Å². The number of thiophene rings is 1. The molecule has 5 rings (SSSR count). The van der Waals surface area contributed by atoms with E-state index >= 15 is 0 Å². The van der Waals surface area contributed by atoms with Gasteiger partial charge in [-0.2, -0.15) is 0 Å². The van der Waals surface area contributed by atoms with Crippen LogP contribution in [0.1, 0.15) is 54.8 Å². The number of fused-ring (bicyclic) bond motifs is 2. The molecule has 0 saturated carbocycles. The molecule has 2 N–H and O–H groups in total. The summed E-state index contributed by atoms with van der Waals surface area (Å²) in [5, 5.41) is 16.1. The van der Waals surface area contributed by atoms with E-state index in [-0.39, 0.29) is 12.0 Å². The molecule has 2 aromatic heterocycles. The van der Waals surface area contributed by atoms with Gasteiger partial charge in [0.2, 0.25) is 0 Å². The second-order valence-electron chi connectivity index (χ2n) is 7.48. The summed E-state index contributed by atoms with van der Waals surface area (Å²) in [4.78, 5) is 9.14. The van der Waals surface area contributed by atoms with E-state index in [0.29, 0.717) is 6.04 Å². The van der Waals surface area contributed by atoms with Crippen molar-refractivity contribution in [1.82, 2.24) is 9.97 Å².